The normalized spacial score (nSPS) is 20.3. The summed E-state index contributed by atoms with van der Waals surface area (Å²) in [6, 6.07) is 7.85. The van der Waals surface area contributed by atoms with Crippen molar-refractivity contribution >= 4 is 27.9 Å². The van der Waals surface area contributed by atoms with E-state index in [0.29, 0.717) is 19.7 Å². The molecule has 3 nitrogen and oxygen atoms in total. The Kier molecular flexibility index (Phi) is 4.55. The molecule has 1 atom stereocenters. The van der Waals surface area contributed by atoms with Crippen LogP contribution in [0.4, 0.5) is 0 Å². The molecular weight excluding hydrogens is 294 g/mol. The minimum absolute atomic E-state index is 0.0491. The third-order valence-corrected chi connectivity index (χ3v) is 3.37. The van der Waals surface area contributed by atoms with Crippen LogP contribution in [0.5, 0.6) is 0 Å². The Morgan fingerprint density at radius 3 is 2.83 bits per heavy atom. The molecule has 1 aromatic carbocycles. The molecule has 1 amide bonds. The molecule has 1 unspecified atom stereocenters. The first-order valence-electron chi connectivity index (χ1n) is 5.99. The SMILES string of the molecule is CC1CN(C(=O)/C=C/c2ccc(Br)cc2)CCO1. The number of rotatable bonds is 2. The molecule has 0 bridgehead atoms. The zero-order valence-electron chi connectivity index (χ0n) is 10.3. The van der Waals surface area contributed by atoms with Crippen molar-refractivity contribution in [1.29, 1.82) is 0 Å². The van der Waals surface area contributed by atoms with Gasteiger partial charge in [0.25, 0.3) is 0 Å². The monoisotopic (exact) mass is 309 g/mol. The first kappa shape index (κ1) is 13.3. The summed E-state index contributed by atoms with van der Waals surface area (Å²) in [4.78, 5) is 13.8. The van der Waals surface area contributed by atoms with Crippen molar-refractivity contribution in [3.05, 3.63) is 40.4 Å². The van der Waals surface area contributed by atoms with Crippen LogP contribution in [-0.2, 0) is 9.53 Å². The number of halogens is 1. The van der Waals surface area contributed by atoms with Crippen LogP contribution in [0.2, 0.25) is 0 Å². The fourth-order valence-electron chi connectivity index (χ4n) is 1.87. The molecule has 1 fully saturated rings. The lowest BCUT2D eigenvalue weighted by Crippen LogP contribution is -2.43. The average molecular weight is 310 g/mol. The van der Waals surface area contributed by atoms with E-state index in [1.54, 1.807) is 6.08 Å². The standard InChI is InChI=1S/C14H16BrNO2/c1-11-10-16(8-9-18-11)14(17)7-4-12-2-5-13(15)6-3-12/h2-7,11H,8-10H2,1H3/b7-4+. The molecule has 0 aliphatic carbocycles. The van der Waals surface area contributed by atoms with Crippen LogP contribution in [0.1, 0.15) is 12.5 Å². The molecule has 0 saturated carbocycles. The average Bonchev–Trinajstić information content (AvgIpc) is 2.38. The largest absolute Gasteiger partial charge is 0.375 e. The summed E-state index contributed by atoms with van der Waals surface area (Å²) in [5.74, 6) is 0.0491. The highest BCUT2D eigenvalue weighted by Crippen LogP contribution is 2.12. The highest BCUT2D eigenvalue weighted by molar-refractivity contribution is 9.10. The summed E-state index contributed by atoms with van der Waals surface area (Å²) in [6.07, 6.45) is 3.60. The maximum Gasteiger partial charge on any atom is 0.246 e. The summed E-state index contributed by atoms with van der Waals surface area (Å²) < 4.78 is 6.45. The maximum atomic E-state index is 12.0. The van der Waals surface area contributed by atoms with E-state index >= 15 is 0 Å². The maximum absolute atomic E-state index is 12.0. The fourth-order valence-corrected chi connectivity index (χ4v) is 2.13. The predicted molar refractivity (Wildman–Crippen MR) is 75.2 cm³/mol. The molecule has 1 aliphatic rings. The lowest BCUT2D eigenvalue weighted by Gasteiger charge is -2.30. The highest BCUT2D eigenvalue weighted by atomic mass is 79.9. The molecule has 1 aromatic rings. The first-order chi connectivity index (χ1) is 8.65. The van der Waals surface area contributed by atoms with Crippen molar-refractivity contribution in [2.45, 2.75) is 13.0 Å². The van der Waals surface area contributed by atoms with Gasteiger partial charge in [0.2, 0.25) is 5.91 Å². The van der Waals surface area contributed by atoms with Crippen molar-refractivity contribution in [3.8, 4) is 0 Å². The summed E-state index contributed by atoms with van der Waals surface area (Å²) in [7, 11) is 0. The van der Waals surface area contributed by atoms with E-state index in [4.69, 9.17) is 4.74 Å². The number of amides is 1. The molecule has 96 valence electrons. The Morgan fingerprint density at radius 1 is 1.44 bits per heavy atom. The minimum atomic E-state index is 0.0491. The Morgan fingerprint density at radius 2 is 2.17 bits per heavy atom. The van der Waals surface area contributed by atoms with Gasteiger partial charge < -0.3 is 9.64 Å². The van der Waals surface area contributed by atoms with Gasteiger partial charge >= 0.3 is 0 Å². The van der Waals surface area contributed by atoms with Crippen molar-refractivity contribution in [2.75, 3.05) is 19.7 Å². The van der Waals surface area contributed by atoms with Crippen LogP contribution in [0.3, 0.4) is 0 Å². The lowest BCUT2D eigenvalue weighted by molar-refractivity contribution is -0.132. The third kappa shape index (κ3) is 3.68. The second kappa shape index (κ2) is 6.16. The summed E-state index contributed by atoms with van der Waals surface area (Å²) in [6.45, 7) is 3.95. The van der Waals surface area contributed by atoms with Gasteiger partial charge in [0.1, 0.15) is 0 Å². The number of ether oxygens (including phenoxy) is 1. The van der Waals surface area contributed by atoms with Crippen LogP contribution < -0.4 is 0 Å². The summed E-state index contributed by atoms with van der Waals surface area (Å²) >= 11 is 3.38. The number of benzene rings is 1. The molecule has 0 spiro atoms. The number of nitrogens with zero attached hydrogens (tertiary/aromatic N) is 1. The molecule has 0 N–H and O–H groups in total. The van der Waals surface area contributed by atoms with Gasteiger partial charge in [0, 0.05) is 23.6 Å². The van der Waals surface area contributed by atoms with Gasteiger partial charge in [-0.1, -0.05) is 28.1 Å². The molecule has 1 saturated heterocycles. The van der Waals surface area contributed by atoms with Gasteiger partial charge in [0.05, 0.1) is 12.7 Å². The van der Waals surface area contributed by atoms with Crippen molar-refractivity contribution in [1.82, 2.24) is 4.90 Å². The van der Waals surface area contributed by atoms with Crippen molar-refractivity contribution in [2.24, 2.45) is 0 Å². The van der Waals surface area contributed by atoms with Crippen LogP contribution in [-0.4, -0.2) is 36.6 Å². The number of morpholine rings is 1. The van der Waals surface area contributed by atoms with Gasteiger partial charge in [0.15, 0.2) is 0 Å². The molecule has 1 heterocycles. The zero-order chi connectivity index (χ0) is 13.0. The van der Waals surface area contributed by atoms with Gasteiger partial charge in [-0.15, -0.1) is 0 Å². The second-order valence-electron chi connectivity index (χ2n) is 4.35. The predicted octanol–water partition coefficient (Wildman–Crippen LogP) is 2.71. The zero-order valence-corrected chi connectivity index (χ0v) is 11.9. The molecular formula is C14H16BrNO2. The Labute approximate surface area is 116 Å². The van der Waals surface area contributed by atoms with Gasteiger partial charge in [-0.3, -0.25) is 4.79 Å². The van der Waals surface area contributed by atoms with Gasteiger partial charge in [-0.25, -0.2) is 0 Å². The molecule has 4 heteroatoms. The number of carbonyl (C=O) groups excluding carboxylic acids is 1. The van der Waals surface area contributed by atoms with Gasteiger partial charge in [-0.2, -0.15) is 0 Å². The van der Waals surface area contributed by atoms with E-state index in [1.807, 2.05) is 42.2 Å². The van der Waals surface area contributed by atoms with E-state index < -0.39 is 0 Å². The number of hydrogen-bond donors (Lipinski definition) is 0. The van der Waals surface area contributed by atoms with E-state index in [0.717, 1.165) is 10.0 Å². The second-order valence-corrected chi connectivity index (χ2v) is 5.27. The Hall–Kier alpha value is -1.13. The smallest absolute Gasteiger partial charge is 0.246 e. The minimum Gasteiger partial charge on any atom is -0.375 e. The topological polar surface area (TPSA) is 29.5 Å². The third-order valence-electron chi connectivity index (χ3n) is 2.84. The lowest BCUT2D eigenvalue weighted by atomic mass is 10.2. The van der Waals surface area contributed by atoms with E-state index in [2.05, 4.69) is 15.9 Å². The fraction of sp³-hybridized carbons (Fsp3) is 0.357. The summed E-state index contributed by atoms with van der Waals surface area (Å²) in [5, 5.41) is 0. The van der Waals surface area contributed by atoms with Crippen LogP contribution >= 0.6 is 15.9 Å². The molecule has 0 radical (unpaired) electrons. The molecule has 18 heavy (non-hydrogen) atoms. The van der Waals surface area contributed by atoms with E-state index in [9.17, 15) is 4.79 Å². The van der Waals surface area contributed by atoms with Crippen LogP contribution in [0.15, 0.2) is 34.8 Å². The number of hydrogen-bond acceptors (Lipinski definition) is 2. The number of carbonyl (C=O) groups is 1. The van der Waals surface area contributed by atoms with E-state index in [1.165, 1.54) is 0 Å². The molecule has 0 aromatic heterocycles. The highest BCUT2D eigenvalue weighted by Gasteiger charge is 2.19. The van der Waals surface area contributed by atoms with Crippen molar-refractivity contribution in [3.63, 3.8) is 0 Å². The molecule has 2 rings (SSSR count). The van der Waals surface area contributed by atoms with Crippen molar-refractivity contribution < 1.29 is 9.53 Å². The Bertz CT molecular complexity index is 442. The summed E-state index contributed by atoms with van der Waals surface area (Å²) in [5.41, 5.74) is 1.02. The first-order valence-corrected chi connectivity index (χ1v) is 6.78. The Balaban J connectivity index is 1.96. The van der Waals surface area contributed by atoms with E-state index in [-0.39, 0.29) is 12.0 Å². The van der Waals surface area contributed by atoms with Crippen LogP contribution in [0, 0.1) is 0 Å². The molecule has 1 aliphatic heterocycles. The van der Waals surface area contributed by atoms with Crippen LogP contribution in [0.25, 0.3) is 6.08 Å². The quantitative estimate of drug-likeness (QED) is 0.786. The van der Waals surface area contributed by atoms with Gasteiger partial charge in [-0.05, 0) is 30.7 Å².